The van der Waals surface area contributed by atoms with Gasteiger partial charge < -0.3 is 5.32 Å². The molecule has 1 unspecified atom stereocenters. The second-order valence-corrected chi connectivity index (χ2v) is 7.81. The maximum absolute atomic E-state index is 13.3. The maximum Gasteiger partial charge on any atom is 0.329 e. The van der Waals surface area contributed by atoms with E-state index in [9.17, 15) is 14.4 Å². The molecule has 1 aliphatic carbocycles. The highest BCUT2D eigenvalue weighted by Crippen LogP contribution is 2.49. The van der Waals surface area contributed by atoms with E-state index in [-0.39, 0.29) is 11.3 Å². The van der Waals surface area contributed by atoms with Crippen molar-refractivity contribution in [3.63, 3.8) is 0 Å². The van der Waals surface area contributed by atoms with Gasteiger partial charge in [0.2, 0.25) is 0 Å². The highest BCUT2D eigenvalue weighted by atomic mass is 35.5. The zero-order chi connectivity index (χ0) is 20.4. The number of hydrogen-bond acceptors (Lipinski definition) is 4. The second-order valence-electron chi connectivity index (χ2n) is 6.97. The Balaban J connectivity index is 1.89. The fraction of sp³-hybridized carbons (Fsp3) is 0.0952. The van der Waals surface area contributed by atoms with Gasteiger partial charge in [-0.1, -0.05) is 53.5 Å². The lowest BCUT2D eigenvalue weighted by atomic mass is 9.81. The molecular weight excluding hydrogens is 413 g/mol. The monoisotopic (exact) mass is 425 g/mol. The average molecular weight is 426 g/mol. The summed E-state index contributed by atoms with van der Waals surface area (Å²) in [5, 5.41) is 3.93. The van der Waals surface area contributed by atoms with E-state index in [2.05, 4.69) is 10.3 Å². The molecule has 0 bridgehead atoms. The normalized spacial score (nSPS) is 16.9. The standard InChI is InChI=1S/C21H13Cl2N3O3/c1-26-19-16(20(28)25-21(26)29)14(12-7-6-9(22)8-13(12)23)15-17(24-19)10-4-2-3-5-11(10)18(15)27/h2-8,14,24H,1H3,(H,25,28,29). The van der Waals surface area contributed by atoms with Gasteiger partial charge in [-0.2, -0.15) is 0 Å². The van der Waals surface area contributed by atoms with Crippen LogP contribution in [0.15, 0.2) is 57.6 Å². The lowest BCUT2D eigenvalue weighted by Gasteiger charge is -2.29. The van der Waals surface area contributed by atoms with Crippen LogP contribution in [0.4, 0.5) is 5.82 Å². The number of rotatable bonds is 1. The molecule has 8 heteroatoms. The lowest BCUT2D eigenvalue weighted by molar-refractivity contribution is 0.103. The van der Waals surface area contributed by atoms with Crippen molar-refractivity contribution >= 4 is 40.5 Å². The van der Waals surface area contributed by atoms with Crippen LogP contribution in [-0.4, -0.2) is 15.3 Å². The van der Waals surface area contributed by atoms with Crippen molar-refractivity contribution in [2.24, 2.45) is 7.05 Å². The number of fused-ring (bicyclic) bond motifs is 3. The Morgan fingerprint density at radius 1 is 1.00 bits per heavy atom. The molecule has 1 aliphatic heterocycles. The number of Topliss-reactive ketones (excluding diaryl/α,β-unsaturated/α-hetero) is 1. The number of aromatic amines is 1. The van der Waals surface area contributed by atoms with Crippen LogP contribution in [0.5, 0.6) is 0 Å². The van der Waals surface area contributed by atoms with Crippen molar-refractivity contribution in [2.45, 2.75) is 5.92 Å². The first-order chi connectivity index (χ1) is 13.9. The van der Waals surface area contributed by atoms with Crippen molar-refractivity contribution in [1.82, 2.24) is 9.55 Å². The van der Waals surface area contributed by atoms with E-state index in [0.29, 0.717) is 38.3 Å². The Hall–Kier alpha value is -3.09. The molecule has 0 saturated carbocycles. The minimum atomic E-state index is -0.749. The number of ketones is 1. The van der Waals surface area contributed by atoms with Crippen LogP contribution in [0.2, 0.25) is 10.0 Å². The molecule has 2 heterocycles. The van der Waals surface area contributed by atoms with Gasteiger partial charge in [-0.05, 0) is 17.7 Å². The number of aromatic nitrogens is 2. The Morgan fingerprint density at radius 3 is 2.45 bits per heavy atom. The molecule has 2 aromatic carbocycles. The smallest absolute Gasteiger partial charge is 0.329 e. The Kier molecular flexibility index (Phi) is 3.84. The number of anilines is 1. The minimum absolute atomic E-state index is 0.182. The summed E-state index contributed by atoms with van der Waals surface area (Å²) in [6.07, 6.45) is 0. The Bertz CT molecular complexity index is 1380. The molecule has 1 atom stereocenters. The first-order valence-electron chi connectivity index (χ1n) is 8.82. The number of halogens is 2. The predicted molar refractivity (Wildman–Crippen MR) is 112 cm³/mol. The van der Waals surface area contributed by atoms with Crippen LogP contribution in [0.3, 0.4) is 0 Å². The second kappa shape index (κ2) is 6.20. The molecule has 29 heavy (non-hydrogen) atoms. The van der Waals surface area contributed by atoms with Crippen LogP contribution in [0.25, 0.3) is 5.70 Å². The third kappa shape index (κ3) is 2.46. The van der Waals surface area contributed by atoms with Crippen LogP contribution in [-0.2, 0) is 7.05 Å². The first kappa shape index (κ1) is 18.0. The Labute approximate surface area is 174 Å². The van der Waals surface area contributed by atoms with Crippen molar-refractivity contribution in [1.29, 1.82) is 0 Å². The van der Waals surface area contributed by atoms with E-state index in [4.69, 9.17) is 23.2 Å². The number of nitrogens with one attached hydrogen (secondary N) is 2. The van der Waals surface area contributed by atoms with Gasteiger partial charge in [0.15, 0.2) is 5.78 Å². The molecule has 0 amide bonds. The summed E-state index contributed by atoms with van der Waals surface area (Å²) < 4.78 is 1.32. The molecule has 6 nitrogen and oxygen atoms in total. The minimum Gasteiger partial charge on any atom is -0.340 e. The van der Waals surface area contributed by atoms with E-state index in [1.165, 1.54) is 4.57 Å². The quantitative estimate of drug-likeness (QED) is 0.624. The number of H-pyrrole nitrogens is 1. The number of hydrogen-bond donors (Lipinski definition) is 2. The molecule has 0 radical (unpaired) electrons. The number of benzene rings is 2. The summed E-state index contributed by atoms with van der Waals surface area (Å²) in [4.78, 5) is 40.7. The van der Waals surface area contributed by atoms with Gasteiger partial charge in [0.25, 0.3) is 5.56 Å². The fourth-order valence-electron chi connectivity index (χ4n) is 4.08. The molecule has 1 aromatic heterocycles. The van der Waals surface area contributed by atoms with E-state index < -0.39 is 17.2 Å². The summed E-state index contributed by atoms with van der Waals surface area (Å²) in [6.45, 7) is 0. The van der Waals surface area contributed by atoms with Crippen molar-refractivity contribution < 1.29 is 4.79 Å². The number of carbonyl (C=O) groups excluding carboxylic acids is 1. The van der Waals surface area contributed by atoms with E-state index in [1.54, 1.807) is 37.4 Å². The highest BCUT2D eigenvalue weighted by molar-refractivity contribution is 6.35. The number of nitrogens with zero attached hydrogens (tertiary/aromatic N) is 1. The number of carbonyl (C=O) groups is 1. The molecule has 3 aromatic rings. The van der Waals surface area contributed by atoms with E-state index >= 15 is 0 Å². The van der Waals surface area contributed by atoms with Crippen LogP contribution in [0.1, 0.15) is 33.0 Å². The van der Waals surface area contributed by atoms with Crippen molar-refractivity contribution in [3.8, 4) is 0 Å². The molecular formula is C21H13Cl2N3O3. The maximum atomic E-state index is 13.3. The third-order valence-electron chi connectivity index (χ3n) is 5.41. The fourth-order valence-corrected chi connectivity index (χ4v) is 4.60. The zero-order valence-electron chi connectivity index (χ0n) is 15.0. The molecule has 0 saturated heterocycles. The van der Waals surface area contributed by atoms with Gasteiger partial charge in [0.05, 0.1) is 17.2 Å². The number of allylic oxidation sites excluding steroid dienone is 1. The molecule has 144 valence electrons. The zero-order valence-corrected chi connectivity index (χ0v) is 16.6. The van der Waals surface area contributed by atoms with Crippen LogP contribution < -0.4 is 16.6 Å². The van der Waals surface area contributed by atoms with Gasteiger partial charge in [-0.15, -0.1) is 0 Å². The first-order valence-corrected chi connectivity index (χ1v) is 9.57. The summed E-state index contributed by atoms with van der Waals surface area (Å²) in [7, 11) is 1.55. The molecule has 2 aliphatic rings. The van der Waals surface area contributed by atoms with Crippen LogP contribution >= 0.6 is 23.2 Å². The molecule has 5 rings (SSSR count). The summed E-state index contributed by atoms with van der Waals surface area (Å²) in [5.41, 5.74) is 1.97. The topological polar surface area (TPSA) is 84.0 Å². The molecule has 2 N–H and O–H groups in total. The molecule has 0 spiro atoms. The van der Waals surface area contributed by atoms with Gasteiger partial charge in [-0.25, -0.2) is 4.79 Å². The lowest BCUT2D eigenvalue weighted by Crippen LogP contribution is -2.37. The van der Waals surface area contributed by atoms with Gasteiger partial charge in [-0.3, -0.25) is 19.1 Å². The summed E-state index contributed by atoms with van der Waals surface area (Å²) in [5.74, 6) is -0.600. The van der Waals surface area contributed by atoms with Crippen molar-refractivity contribution in [3.05, 3.63) is 101 Å². The Morgan fingerprint density at radius 2 is 1.72 bits per heavy atom. The summed E-state index contributed by atoms with van der Waals surface area (Å²) in [6, 6.07) is 12.1. The van der Waals surface area contributed by atoms with Gasteiger partial charge in [0, 0.05) is 33.8 Å². The largest absolute Gasteiger partial charge is 0.340 e. The van der Waals surface area contributed by atoms with Gasteiger partial charge >= 0.3 is 5.69 Å². The van der Waals surface area contributed by atoms with E-state index in [0.717, 1.165) is 5.56 Å². The highest BCUT2D eigenvalue weighted by Gasteiger charge is 2.42. The van der Waals surface area contributed by atoms with E-state index in [1.807, 2.05) is 12.1 Å². The average Bonchev–Trinajstić information content (AvgIpc) is 2.98. The van der Waals surface area contributed by atoms with Gasteiger partial charge in [0.1, 0.15) is 5.82 Å². The SMILES string of the molecule is Cn1c2c(c(=O)[nH]c1=O)C(c1ccc(Cl)cc1Cl)C1=C(N2)c2ccccc2C1=O. The molecule has 0 fully saturated rings. The summed E-state index contributed by atoms with van der Waals surface area (Å²) >= 11 is 12.5. The van der Waals surface area contributed by atoms with Crippen LogP contribution in [0, 0.1) is 0 Å². The predicted octanol–water partition coefficient (Wildman–Crippen LogP) is 3.55. The van der Waals surface area contributed by atoms with Crippen molar-refractivity contribution in [2.75, 3.05) is 5.32 Å². The third-order valence-corrected chi connectivity index (χ3v) is 5.97.